The number of hydrogen-bond acceptors (Lipinski definition) is 7. The molecule has 0 heterocycles. The van der Waals surface area contributed by atoms with E-state index in [1.54, 1.807) is 45.0 Å². The van der Waals surface area contributed by atoms with Crippen molar-refractivity contribution in [2.45, 2.75) is 38.8 Å². The van der Waals surface area contributed by atoms with Crippen LogP contribution in [-0.4, -0.2) is 62.1 Å². The molecular formula is C18H30N4O5S. The molecule has 0 unspecified atom stereocenters. The van der Waals surface area contributed by atoms with Crippen LogP contribution in [0.5, 0.6) is 0 Å². The van der Waals surface area contributed by atoms with E-state index in [-0.39, 0.29) is 25.3 Å². The molecule has 1 aromatic carbocycles. The summed E-state index contributed by atoms with van der Waals surface area (Å²) < 4.78 is 28.2. The second kappa shape index (κ2) is 10.3. The summed E-state index contributed by atoms with van der Waals surface area (Å²) in [6.07, 6.45) is 0.720. The van der Waals surface area contributed by atoms with E-state index in [0.717, 1.165) is 6.26 Å². The van der Waals surface area contributed by atoms with Crippen LogP contribution < -0.4 is 16.6 Å². The van der Waals surface area contributed by atoms with Gasteiger partial charge in [0.25, 0.3) is 5.91 Å². The molecule has 0 aliphatic rings. The topological polar surface area (TPSA) is 131 Å². The number of para-hydroxylation sites is 1. The van der Waals surface area contributed by atoms with Crippen LogP contribution in [0.3, 0.4) is 0 Å². The average molecular weight is 415 g/mol. The molecule has 10 heteroatoms. The van der Waals surface area contributed by atoms with Gasteiger partial charge < -0.3 is 15.0 Å². The molecule has 0 bridgehead atoms. The molecule has 0 saturated carbocycles. The second-order valence-corrected chi connectivity index (χ2v) is 9.74. The van der Waals surface area contributed by atoms with Crippen LogP contribution in [0.2, 0.25) is 0 Å². The SMILES string of the molecule is CC(C)(C)OC(=O)N(CCCS(C)(=O)=O)C[C@H](Nc1ccccc1)C(=O)NN. The lowest BCUT2D eigenvalue weighted by Gasteiger charge is -2.30. The number of carbonyl (C=O) groups is 2. The van der Waals surface area contributed by atoms with Crippen molar-refractivity contribution >= 4 is 27.5 Å². The minimum atomic E-state index is -3.17. The highest BCUT2D eigenvalue weighted by Gasteiger charge is 2.27. The average Bonchev–Trinajstić information content (AvgIpc) is 2.57. The zero-order valence-electron chi connectivity index (χ0n) is 16.8. The number of nitrogens with two attached hydrogens (primary N) is 1. The van der Waals surface area contributed by atoms with E-state index in [1.165, 1.54) is 4.90 Å². The molecule has 28 heavy (non-hydrogen) atoms. The lowest BCUT2D eigenvalue weighted by molar-refractivity contribution is -0.122. The maximum atomic E-state index is 12.6. The second-order valence-electron chi connectivity index (χ2n) is 7.48. The normalized spacial score (nSPS) is 12.8. The summed E-state index contributed by atoms with van der Waals surface area (Å²) in [6, 6.07) is 8.14. The van der Waals surface area contributed by atoms with Gasteiger partial charge in [-0.25, -0.2) is 19.1 Å². The largest absolute Gasteiger partial charge is 0.444 e. The minimum Gasteiger partial charge on any atom is -0.444 e. The molecule has 0 spiro atoms. The Balaban J connectivity index is 2.96. The molecule has 1 aromatic rings. The number of nitrogens with one attached hydrogen (secondary N) is 2. The summed E-state index contributed by atoms with van der Waals surface area (Å²) in [5, 5.41) is 3.02. The number of rotatable bonds is 9. The van der Waals surface area contributed by atoms with Gasteiger partial charge in [-0.3, -0.25) is 10.2 Å². The first kappa shape index (κ1) is 23.7. The van der Waals surface area contributed by atoms with Crippen LogP contribution in [0.25, 0.3) is 0 Å². The molecule has 2 amide bonds. The summed E-state index contributed by atoms with van der Waals surface area (Å²) in [4.78, 5) is 26.1. The molecule has 9 nitrogen and oxygen atoms in total. The molecule has 0 aliphatic carbocycles. The van der Waals surface area contributed by atoms with Gasteiger partial charge in [0, 0.05) is 18.5 Å². The molecule has 0 fully saturated rings. The molecule has 0 radical (unpaired) electrons. The Hall–Kier alpha value is -2.33. The minimum absolute atomic E-state index is 0.0450. The van der Waals surface area contributed by atoms with Gasteiger partial charge in [0.15, 0.2) is 0 Å². The highest BCUT2D eigenvalue weighted by atomic mass is 32.2. The summed E-state index contributed by atoms with van der Waals surface area (Å²) in [5.74, 6) is 4.69. The van der Waals surface area contributed by atoms with Crippen LogP contribution in [0.1, 0.15) is 27.2 Å². The Morgan fingerprint density at radius 2 is 1.82 bits per heavy atom. The monoisotopic (exact) mass is 414 g/mol. The van der Waals surface area contributed by atoms with Crippen LogP contribution in [0.15, 0.2) is 30.3 Å². The number of nitrogens with zero attached hydrogens (tertiary/aromatic N) is 1. The van der Waals surface area contributed by atoms with Crippen molar-refractivity contribution in [1.82, 2.24) is 10.3 Å². The number of carbonyl (C=O) groups excluding carboxylic acids is 2. The van der Waals surface area contributed by atoms with Crippen LogP contribution >= 0.6 is 0 Å². The van der Waals surface area contributed by atoms with E-state index in [0.29, 0.717) is 5.69 Å². The lowest BCUT2D eigenvalue weighted by atomic mass is 10.2. The molecule has 1 rings (SSSR count). The first-order valence-corrected chi connectivity index (χ1v) is 10.9. The van der Waals surface area contributed by atoms with Crippen molar-refractivity contribution in [1.29, 1.82) is 0 Å². The third-order valence-electron chi connectivity index (χ3n) is 3.57. The van der Waals surface area contributed by atoms with Crippen molar-refractivity contribution in [3.63, 3.8) is 0 Å². The van der Waals surface area contributed by atoms with Gasteiger partial charge in [-0.1, -0.05) is 18.2 Å². The zero-order valence-corrected chi connectivity index (χ0v) is 17.6. The van der Waals surface area contributed by atoms with Crippen molar-refractivity contribution in [3.05, 3.63) is 30.3 Å². The Labute approximate surface area is 166 Å². The molecular weight excluding hydrogens is 384 g/mol. The number of ether oxygens (including phenoxy) is 1. The molecule has 0 aliphatic heterocycles. The Kier molecular flexibility index (Phi) is 8.70. The summed E-state index contributed by atoms with van der Waals surface area (Å²) >= 11 is 0. The van der Waals surface area contributed by atoms with Gasteiger partial charge in [0.05, 0.1) is 12.3 Å². The van der Waals surface area contributed by atoms with E-state index in [1.807, 2.05) is 6.07 Å². The predicted molar refractivity (Wildman–Crippen MR) is 108 cm³/mol. The van der Waals surface area contributed by atoms with Crippen LogP contribution in [-0.2, 0) is 19.4 Å². The van der Waals surface area contributed by atoms with Gasteiger partial charge in [0.1, 0.15) is 21.5 Å². The van der Waals surface area contributed by atoms with Crippen molar-refractivity contribution in [2.24, 2.45) is 5.84 Å². The molecule has 0 saturated heterocycles. The standard InChI is InChI=1S/C18H30N4O5S/c1-18(2,3)27-17(24)22(11-8-12-28(4,25)26)13-15(16(23)21-19)20-14-9-6-5-7-10-14/h5-7,9-10,15,20H,8,11-13,19H2,1-4H3,(H,21,23)/t15-/m0/s1. The number of benzene rings is 1. The van der Waals surface area contributed by atoms with Gasteiger partial charge >= 0.3 is 6.09 Å². The number of amides is 2. The summed E-state index contributed by atoms with van der Waals surface area (Å²) in [6.45, 7) is 5.26. The van der Waals surface area contributed by atoms with Gasteiger partial charge in [-0.05, 0) is 39.3 Å². The first-order valence-electron chi connectivity index (χ1n) is 8.89. The fourth-order valence-electron chi connectivity index (χ4n) is 2.35. The smallest absolute Gasteiger partial charge is 0.410 e. The molecule has 1 atom stereocenters. The molecule has 158 valence electrons. The van der Waals surface area contributed by atoms with Crippen LogP contribution in [0, 0.1) is 0 Å². The van der Waals surface area contributed by atoms with Crippen molar-refractivity contribution in [3.8, 4) is 0 Å². The van der Waals surface area contributed by atoms with Gasteiger partial charge in [-0.15, -0.1) is 0 Å². The quantitative estimate of drug-likeness (QED) is 0.314. The fraction of sp³-hybridized carbons (Fsp3) is 0.556. The highest BCUT2D eigenvalue weighted by molar-refractivity contribution is 7.90. The highest BCUT2D eigenvalue weighted by Crippen LogP contribution is 2.13. The third-order valence-corrected chi connectivity index (χ3v) is 4.60. The Morgan fingerprint density at radius 1 is 1.21 bits per heavy atom. The summed E-state index contributed by atoms with van der Waals surface area (Å²) in [7, 11) is -3.17. The van der Waals surface area contributed by atoms with Gasteiger partial charge in [0.2, 0.25) is 0 Å². The Bertz CT molecular complexity index is 747. The van der Waals surface area contributed by atoms with E-state index in [9.17, 15) is 18.0 Å². The van der Waals surface area contributed by atoms with E-state index >= 15 is 0 Å². The predicted octanol–water partition coefficient (Wildman–Crippen LogP) is 1.13. The lowest BCUT2D eigenvalue weighted by Crippen LogP contribution is -2.51. The Morgan fingerprint density at radius 3 is 2.32 bits per heavy atom. The summed E-state index contributed by atoms with van der Waals surface area (Å²) in [5.41, 5.74) is 2.03. The maximum Gasteiger partial charge on any atom is 0.410 e. The number of hydrogen-bond donors (Lipinski definition) is 3. The number of sulfone groups is 1. The van der Waals surface area contributed by atoms with E-state index < -0.39 is 33.5 Å². The molecule has 0 aromatic heterocycles. The number of hydrazine groups is 1. The van der Waals surface area contributed by atoms with Gasteiger partial charge in [-0.2, -0.15) is 0 Å². The van der Waals surface area contributed by atoms with E-state index in [2.05, 4.69) is 10.7 Å². The maximum absolute atomic E-state index is 12.6. The molecule has 4 N–H and O–H groups in total. The zero-order chi connectivity index (χ0) is 21.4. The van der Waals surface area contributed by atoms with Crippen LogP contribution in [0.4, 0.5) is 10.5 Å². The van der Waals surface area contributed by atoms with Crippen molar-refractivity contribution in [2.75, 3.05) is 30.4 Å². The van der Waals surface area contributed by atoms with E-state index in [4.69, 9.17) is 10.6 Å². The third kappa shape index (κ3) is 9.56. The van der Waals surface area contributed by atoms with Crippen molar-refractivity contribution < 1.29 is 22.7 Å². The number of anilines is 1. The first-order chi connectivity index (χ1) is 12.9. The fourth-order valence-corrected chi connectivity index (χ4v) is 3.01.